The van der Waals surface area contributed by atoms with Gasteiger partial charge in [-0.15, -0.1) is 5.10 Å². The van der Waals surface area contributed by atoms with Crippen LogP contribution in [-0.2, 0) is 0 Å². The van der Waals surface area contributed by atoms with Crippen molar-refractivity contribution in [1.29, 1.82) is 0 Å². The zero-order valence-corrected chi connectivity index (χ0v) is 20.0. The summed E-state index contributed by atoms with van der Waals surface area (Å²) in [5.41, 5.74) is 12.6. The largest absolute Gasteiger partial charge is 0.553 e. The smallest absolute Gasteiger partial charge is 0.399 e. The minimum atomic E-state index is 0.544. The van der Waals surface area contributed by atoms with Crippen molar-refractivity contribution in [1.82, 2.24) is 24.3 Å². The Labute approximate surface area is 206 Å². The van der Waals surface area contributed by atoms with Crippen molar-refractivity contribution in [2.45, 2.75) is 50.9 Å². The van der Waals surface area contributed by atoms with Gasteiger partial charge in [-0.1, -0.05) is 30.2 Å². The molecule has 175 valence electrons. The number of rotatable bonds is 3. The number of fused-ring (bicyclic) bond motifs is 2. The summed E-state index contributed by atoms with van der Waals surface area (Å²) in [4.78, 5) is 2.35. The van der Waals surface area contributed by atoms with Crippen molar-refractivity contribution in [2.24, 2.45) is 0 Å². The lowest BCUT2D eigenvalue weighted by Gasteiger charge is -2.27. The fourth-order valence-corrected chi connectivity index (χ4v) is 6.08. The monoisotopic (exact) mass is 463 g/mol. The van der Waals surface area contributed by atoms with Gasteiger partial charge in [-0.3, -0.25) is 9.39 Å². The summed E-state index contributed by atoms with van der Waals surface area (Å²) in [5.74, 6) is 2.80. The van der Waals surface area contributed by atoms with Gasteiger partial charge < -0.3 is 10.2 Å². The number of piperidine rings is 1. The molecule has 0 unspecified atom stereocenters. The number of amidine groups is 1. The van der Waals surface area contributed by atoms with Gasteiger partial charge in [0.25, 0.3) is 5.84 Å². The number of benzene rings is 1. The highest BCUT2D eigenvalue weighted by molar-refractivity contribution is 6.40. The first-order valence-corrected chi connectivity index (χ1v) is 12.9. The molecule has 0 amide bonds. The summed E-state index contributed by atoms with van der Waals surface area (Å²) in [6.45, 7) is 2.21. The molecule has 1 aromatic carbocycles. The minimum absolute atomic E-state index is 0.544. The Hall–Kier alpha value is -3.55. The standard InChI is InChI=1S/C27H29BN7/c29-21-10-8-20(9-11-21)27-23-12-14-25(32-16-4-1-5-17-32)34(23)28-35-24(27)13-15-26(35)33-18-22(30-31-33)19-6-2-3-7-19/h8-15,18-19,29H,1-7,16-17H2/p+1. The third-order valence-electron chi connectivity index (χ3n) is 7.94. The molecular formula is C27H30BN7+. The van der Waals surface area contributed by atoms with Crippen LogP contribution in [0.2, 0.25) is 0 Å². The highest BCUT2D eigenvalue weighted by Crippen LogP contribution is 2.38. The second kappa shape index (κ2) is 8.29. The molecule has 35 heavy (non-hydrogen) atoms. The molecular weight excluding hydrogens is 433 g/mol. The Morgan fingerprint density at radius 3 is 2.51 bits per heavy atom. The Morgan fingerprint density at radius 1 is 0.914 bits per heavy atom. The SMILES string of the molecule is Nc1ccc(C2=C3C=CC(=[N+]4CCCCC4)N3[B]n3c2ccc3-n2cc(C3CCCC3)nn2)cc1. The second-order valence-corrected chi connectivity index (χ2v) is 10.1. The van der Waals surface area contributed by atoms with Gasteiger partial charge in [0, 0.05) is 28.9 Å². The molecule has 1 radical (unpaired) electrons. The predicted molar refractivity (Wildman–Crippen MR) is 138 cm³/mol. The molecule has 2 aromatic heterocycles. The first kappa shape index (κ1) is 20.8. The number of hydrogen-bond donors (Lipinski definition) is 1. The van der Waals surface area contributed by atoms with Crippen LogP contribution in [0.15, 0.2) is 60.4 Å². The number of nitrogen functional groups attached to an aromatic ring is 1. The van der Waals surface area contributed by atoms with Gasteiger partial charge >= 0.3 is 7.55 Å². The van der Waals surface area contributed by atoms with Crippen molar-refractivity contribution in [3.63, 3.8) is 0 Å². The summed E-state index contributed by atoms with van der Waals surface area (Å²) >= 11 is 0. The van der Waals surface area contributed by atoms with Crippen molar-refractivity contribution in [3.05, 3.63) is 77.4 Å². The number of anilines is 1. The lowest BCUT2D eigenvalue weighted by Crippen LogP contribution is -2.43. The molecule has 8 heteroatoms. The van der Waals surface area contributed by atoms with E-state index >= 15 is 0 Å². The third-order valence-corrected chi connectivity index (χ3v) is 7.94. The van der Waals surface area contributed by atoms with E-state index in [1.165, 1.54) is 62.1 Å². The molecule has 5 heterocycles. The Bertz CT molecular complexity index is 1360. The van der Waals surface area contributed by atoms with Gasteiger partial charge in [-0.05, 0) is 68.0 Å². The molecule has 0 spiro atoms. The maximum absolute atomic E-state index is 6.03. The lowest BCUT2D eigenvalue weighted by atomic mass is 9.91. The molecule has 4 aliphatic rings. The summed E-state index contributed by atoms with van der Waals surface area (Å²) in [6.07, 6.45) is 15.5. The first-order valence-electron chi connectivity index (χ1n) is 12.9. The van der Waals surface area contributed by atoms with Crippen molar-refractivity contribution in [3.8, 4) is 5.82 Å². The number of hydrogen-bond acceptors (Lipinski definition) is 3. The van der Waals surface area contributed by atoms with Crippen molar-refractivity contribution in [2.75, 3.05) is 18.8 Å². The van der Waals surface area contributed by atoms with E-state index in [9.17, 15) is 0 Å². The summed E-state index contributed by atoms with van der Waals surface area (Å²) in [5, 5.41) is 9.12. The van der Waals surface area contributed by atoms with Crippen LogP contribution in [0.25, 0.3) is 11.4 Å². The van der Waals surface area contributed by atoms with Crippen LogP contribution in [-0.4, -0.2) is 55.3 Å². The molecule has 0 atom stereocenters. The quantitative estimate of drug-likeness (QED) is 0.363. The Morgan fingerprint density at radius 2 is 1.71 bits per heavy atom. The van der Waals surface area contributed by atoms with Gasteiger partial charge in [0.15, 0.2) is 0 Å². The zero-order valence-electron chi connectivity index (χ0n) is 20.0. The van der Waals surface area contributed by atoms with Crippen LogP contribution in [0.1, 0.15) is 67.8 Å². The summed E-state index contributed by atoms with van der Waals surface area (Å²) in [6, 6.07) is 12.6. The molecule has 2 N–H and O–H groups in total. The van der Waals surface area contributed by atoms with Gasteiger partial charge in [-0.25, -0.2) is 4.68 Å². The van der Waals surface area contributed by atoms with Crippen LogP contribution in [0.4, 0.5) is 5.69 Å². The second-order valence-electron chi connectivity index (χ2n) is 10.1. The van der Waals surface area contributed by atoms with E-state index in [4.69, 9.17) is 5.73 Å². The molecule has 7 nitrogen and oxygen atoms in total. The van der Waals surface area contributed by atoms with Gasteiger partial charge in [0.2, 0.25) is 0 Å². The molecule has 1 aliphatic carbocycles. The molecule has 1 saturated heterocycles. The van der Waals surface area contributed by atoms with E-state index in [0.717, 1.165) is 41.5 Å². The maximum atomic E-state index is 6.03. The molecule has 3 aromatic rings. The van der Waals surface area contributed by atoms with E-state index in [-0.39, 0.29) is 0 Å². The molecule has 2 fully saturated rings. The van der Waals surface area contributed by atoms with E-state index in [2.05, 4.69) is 74.3 Å². The molecule has 3 aliphatic heterocycles. The van der Waals surface area contributed by atoms with Crippen LogP contribution >= 0.6 is 0 Å². The van der Waals surface area contributed by atoms with Gasteiger partial charge in [-0.2, -0.15) is 0 Å². The van der Waals surface area contributed by atoms with Gasteiger partial charge in [0.1, 0.15) is 11.5 Å². The van der Waals surface area contributed by atoms with E-state index in [1.807, 2.05) is 16.8 Å². The highest BCUT2D eigenvalue weighted by atomic mass is 15.5. The van der Waals surface area contributed by atoms with Crippen LogP contribution in [0.5, 0.6) is 0 Å². The Kier molecular flexibility index (Phi) is 4.93. The molecule has 0 bridgehead atoms. The van der Waals surface area contributed by atoms with Crippen LogP contribution in [0, 0.1) is 0 Å². The summed E-state index contributed by atoms with van der Waals surface area (Å²) < 4.78 is 6.73. The third kappa shape index (κ3) is 3.46. The predicted octanol–water partition coefficient (Wildman–Crippen LogP) is 3.93. The average Bonchev–Trinajstić information content (AvgIpc) is 3.69. The Balaban J connectivity index is 1.35. The first-order chi connectivity index (χ1) is 17.3. The fourth-order valence-electron chi connectivity index (χ4n) is 6.08. The minimum Gasteiger partial charge on any atom is -0.399 e. The number of nitrogens with zero attached hydrogens (tertiary/aromatic N) is 6. The summed E-state index contributed by atoms with van der Waals surface area (Å²) in [7, 11) is 2.22. The fraction of sp³-hybridized carbons (Fsp3) is 0.370. The normalized spacial score (nSPS) is 19.9. The van der Waals surface area contributed by atoms with Crippen LogP contribution in [0.3, 0.4) is 0 Å². The zero-order chi connectivity index (χ0) is 23.4. The van der Waals surface area contributed by atoms with E-state index in [1.54, 1.807) is 0 Å². The maximum Gasteiger partial charge on any atom is 0.553 e. The van der Waals surface area contributed by atoms with Crippen LogP contribution < -0.4 is 5.73 Å². The average molecular weight is 463 g/mol. The molecule has 1 saturated carbocycles. The van der Waals surface area contributed by atoms with E-state index < -0.39 is 0 Å². The highest BCUT2D eigenvalue weighted by Gasteiger charge is 2.40. The molecule has 7 rings (SSSR count). The topological polar surface area (TPSA) is 67.9 Å². The number of allylic oxidation sites excluding steroid dienone is 1. The van der Waals surface area contributed by atoms with Gasteiger partial charge in [0.05, 0.1) is 25.0 Å². The lowest BCUT2D eigenvalue weighted by molar-refractivity contribution is -0.539. The van der Waals surface area contributed by atoms with E-state index in [0.29, 0.717) is 5.92 Å². The van der Waals surface area contributed by atoms with Crippen molar-refractivity contribution < 1.29 is 4.58 Å². The number of nitrogens with two attached hydrogens (primary N) is 1. The number of aromatic nitrogens is 4. The van der Waals surface area contributed by atoms with Crippen molar-refractivity contribution >= 4 is 24.6 Å².